The molecule has 0 unspecified atom stereocenters. The SMILES string of the molecule is O=C(NOC[C@@H]1C[C@H](n2cncn2)CN1)[C@@H]1CC[C@@H]2CN1C(=O)N2OS(=O)(=O)O. The number of carbonyl (C=O) groups is 2. The van der Waals surface area contributed by atoms with Gasteiger partial charge in [-0.05, 0) is 19.3 Å². The molecular formula is C14H21N7O7S. The van der Waals surface area contributed by atoms with Gasteiger partial charge in [0.2, 0.25) is 0 Å². The van der Waals surface area contributed by atoms with E-state index in [9.17, 15) is 18.0 Å². The fourth-order valence-corrected chi connectivity index (χ4v) is 4.31. The Bertz CT molecular complexity index is 864. The van der Waals surface area contributed by atoms with Crippen molar-refractivity contribution in [3.8, 4) is 0 Å². The van der Waals surface area contributed by atoms with E-state index in [1.54, 1.807) is 11.0 Å². The minimum Gasteiger partial charge on any atom is -0.309 e. The molecule has 0 spiro atoms. The lowest BCUT2D eigenvalue weighted by Gasteiger charge is -2.29. The summed E-state index contributed by atoms with van der Waals surface area (Å²) in [5.41, 5.74) is 2.36. The molecule has 0 saturated carbocycles. The third-order valence-corrected chi connectivity index (χ3v) is 5.62. The van der Waals surface area contributed by atoms with Crippen molar-refractivity contribution >= 4 is 22.3 Å². The average Bonchev–Trinajstić information content (AvgIpc) is 3.39. The summed E-state index contributed by atoms with van der Waals surface area (Å²) in [7, 11) is -4.83. The first kappa shape index (κ1) is 20.0. The largest absolute Gasteiger partial charge is 0.418 e. The number of urea groups is 1. The number of hydroxylamine groups is 3. The summed E-state index contributed by atoms with van der Waals surface area (Å²) in [5.74, 6) is -0.503. The zero-order valence-corrected chi connectivity index (χ0v) is 16.1. The van der Waals surface area contributed by atoms with Gasteiger partial charge in [-0.3, -0.25) is 14.2 Å². The van der Waals surface area contributed by atoms with E-state index in [4.69, 9.17) is 9.39 Å². The van der Waals surface area contributed by atoms with Crippen LogP contribution >= 0.6 is 0 Å². The van der Waals surface area contributed by atoms with E-state index in [0.717, 1.165) is 6.42 Å². The topological polar surface area (TPSA) is 168 Å². The zero-order valence-electron chi connectivity index (χ0n) is 15.2. The van der Waals surface area contributed by atoms with E-state index in [1.807, 2.05) is 0 Å². The van der Waals surface area contributed by atoms with Crippen molar-refractivity contribution in [2.75, 3.05) is 19.7 Å². The highest BCUT2D eigenvalue weighted by Crippen LogP contribution is 2.30. The number of nitrogens with one attached hydrogen (secondary N) is 2. The van der Waals surface area contributed by atoms with Crippen molar-refractivity contribution in [3.63, 3.8) is 0 Å². The molecule has 160 valence electrons. The minimum absolute atomic E-state index is 0.0207. The second-order valence-electron chi connectivity index (χ2n) is 7.16. The van der Waals surface area contributed by atoms with Crippen LogP contribution in [0.1, 0.15) is 25.3 Å². The molecule has 14 nitrogen and oxygen atoms in total. The number of fused-ring (bicyclic) bond motifs is 2. The molecule has 15 heteroatoms. The van der Waals surface area contributed by atoms with Crippen LogP contribution in [0.25, 0.3) is 0 Å². The lowest BCUT2D eigenvalue weighted by Crippen LogP contribution is -2.50. The molecule has 29 heavy (non-hydrogen) atoms. The Labute approximate surface area is 166 Å². The molecule has 4 atom stereocenters. The highest BCUT2D eigenvalue weighted by molar-refractivity contribution is 7.80. The van der Waals surface area contributed by atoms with E-state index < -0.39 is 34.4 Å². The second-order valence-corrected chi connectivity index (χ2v) is 8.16. The molecule has 3 amide bonds. The lowest BCUT2D eigenvalue weighted by molar-refractivity contribution is -0.139. The molecule has 4 rings (SSSR count). The van der Waals surface area contributed by atoms with Gasteiger partial charge in [0.05, 0.1) is 18.7 Å². The van der Waals surface area contributed by atoms with Crippen molar-refractivity contribution < 1.29 is 31.7 Å². The van der Waals surface area contributed by atoms with E-state index >= 15 is 0 Å². The van der Waals surface area contributed by atoms with Crippen LogP contribution in [0.3, 0.4) is 0 Å². The van der Waals surface area contributed by atoms with Gasteiger partial charge < -0.3 is 10.2 Å². The average molecular weight is 431 g/mol. The van der Waals surface area contributed by atoms with Crippen LogP contribution < -0.4 is 10.8 Å². The van der Waals surface area contributed by atoms with Crippen LogP contribution in [0.15, 0.2) is 12.7 Å². The Kier molecular flexibility index (Phi) is 5.39. The van der Waals surface area contributed by atoms with Gasteiger partial charge in [0.1, 0.15) is 18.7 Å². The van der Waals surface area contributed by atoms with Gasteiger partial charge in [0, 0.05) is 19.1 Å². The number of nitrogens with zero attached hydrogens (tertiary/aromatic N) is 5. The zero-order chi connectivity index (χ0) is 20.6. The van der Waals surface area contributed by atoms with Gasteiger partial charge in [-0.25, -0.2) is 19.9 Å². The number of aromatic nitrogens is 3. The van der Waals surface area contributed by atoms with Crippen LogP contribution in [0.5, 0.6) is 0 Å². The smallest absolute Gasteiger partial charge is 0.309 e. The molecule has 2 bridgehead atoms. The molecule has 3 aliphatic rings. The van der Waals surface area contributed by atoms with E-state index in [1.165, 1.54) is 11.2 Å². The summed E-state index contributed by atoms with van der Waals surface area (Å²) in [6, 6.07) is -1.97. The van der Waals surface area contributed by atoms with Gasteiger partial charge in [-0.15, -0.1) is 4.28 Å². The van der Waals surface area contributed by atoms with Crippen LogP contribution in [-0.2, 0) is 24.3 Å². The molecule has 4 heterocycles. The molecule has 0 aliphatic carbocycles. The number of carbonyl (C=O) groups excluding carboxylic acids is 2. The molecule has 1 aromatic rings. The van der Waals surface area contributed by atoms with Crippen molar-refractivity contribution in [1.82, 2.24) is 35.5 Å². The van der Waals surface area contributed by atoms with Gasteiger partial charge in [-0.2, -0.15) is 18.6 Å². The Morgan fingerprint density at radius 2 is 2.21 bits per heavy atom. The Morgan fingerprint density at radius 1 is 1.38 bits per heavy atom. The lowest BCUT2D eigenvalue weighted by atomic mass is 10.0. The summed E-state index contributed by atoms with van der Waals surface area (Å²) < 4.78 is 36.7. The third-order valence-electron chi connectivity index (χ3n) is 5.27. The van der Waals surface area contributed by atoms with Crippen molar-refractivity contribution in [2.24, 2.45) is 0 Å². The fourth-order valence-electron chi connectivity index (χ4n) is 3.92. The first-order chi connectivity index (χ1) is 13.8. The summed E-state index contributed by atoms with van der Waals surface area (Å²) in [6.45, 7) is 1.07. The number of rotatable bonds is 7. The first-order valence-electron chi connectivity index (χ1n) is 9.08. The number of hydrogen-bond acceptors (Lipinski definition) is 9. The summed E-state index contributed by atoms with van der Waals surface area (Å²) in [6.07, 6.45) is 4.54. The van der Waals surface area contributed by atoms with Gasteiger partial charge >= 0.3 is 16.4 Å². The molecule has 1 aromatic heterocycles. The fraction of sp³-hybridized carbons (Fsp3) is 0.714. The maximum absolute atomic E-state index is 12.4. The molecule has 3 N–H and O–H groups in total. The standard InChI is InChI=1S/C14H21N7O7S/c22-13(18-27-6-9-3-11(4-16-9)20-8-15-7-17-20)12-2-1-10-5-19(12)14(23)21(10)28-29(24,25)26/h7-12,16H,1-6H2,(H,18,22)(H,24,25,26)/t9-,10+,11-,12-/m0/s1. The molecule has 0 aromatic carbocycles. The highest BCUT2D eigenvalue weighted by Gasteiger charge is 2.49. The molecule has 3 fully saturated rings. The summed E-state index contributed by atoms with van der Waals surface area (Å²) in [5, 5.41) is 7.98. The van der Waals surface area contributed by atoms with E-state index in [-0.39, 0.29) is 25.2 Å². The quantitative estimate of drug-likeness (QED) is 0.332. The van der Waals surface area contributed by atoms with Crippen molar-refractivity contribution in [3.05, 3.63) is 12.7 Å². The predicted octanol–water partition coefficient (Wildman–Crippen LogP) is -1.77. The van der Waals surface area contributed by atoms with Crippen LogP contribution in [0.2, 0.25) is 0 Å². The third kappa shape index (κ3) is 4.32. The first-order valence-corrected chi connectivity index (χ1v) is 10.4. The van der Waals surface area contributed by atoms with Crippen LogP contribution in [0.4, 0.5) is 4.79 Å². The van der Waals surface area contributed by atoms with Crippen molar-refractivity contribution in [2.45, 2.75) is 43.4 Å². The summed E-state index contributed by atoms with van der Waals surface area (Å²) in [4.78, 5) is 35.2. The molecule has 3 saturated heterocycles. The highest BCUT2D eigenvalue weighted by atomic mass is 32.3. The molecule has 3 aliphatic heterocycles. The monoisotopic (exact) mass is 431 g/mol. The van der Waals surface area contributed by atoms with Crippen LogP contribution in [-0.4, -0.2) is 87.5 Å². The number of piperidine rings is 1. The normalized spacial score (nSPS) is 29.5. The predicted molar refractivity (Wildman–Crippen MR) is 92.9 cm³/mol. The van der Waals surface area contributed by atoms with E-state index in [0.29, 0.717) is 24.4 Å². The Balaban J connectivity index is 1.25. The van der Waals surface area contributed by atoms with E-state index in [2.05, 4.69) is 25.2 Å². The summed E-state index contributed by atoms with van der Waals surface area (Å²) >= 11 is 0. The minimum atomic E-state index is -4.83. The number of amides is 3. The number of hydrogen-bond donors (Lipinski definition) is 3. The Hall–Kier alpha value is -2.33. The molecule has 0 radical (unpaired) electrons. The maximum Gasteiger partial charge on any atom is 0.418 e. The molecular weight excluding hydrogens is 410 g/mol. The van der Waals surface area contributed by atoms with Gasteiger partial charge in [0.15, 0.2) is 0 Å². The maximum atomic E-state index is 12.4. The van der Waals surface area contributed by atoms with Gasteiger partial charge in [0.25, 0.3) is 5.91 Å². The van der Waals surface area contributed by atoms with Gasteiger partial charge in [-0.1, -0.05) is 0 Å². The van der Waals surface area contributed by atoms with Crippen molar-refractivity contribution in [1.29, 1.82) is 0 Å². The Morgan fingerprint density at radius 3 is 2.93 bits per heavy atom. The van der Waals surface area contributed by atoms with Crippen LogP contribution in [0, 0.1) is 0 Å². The second kappa shape index (κ2) is 7.83.